The van der Waals surface area contributed by atoms with Crippen LogP contribution in [0, 0.1) is 11.8 Å². The summed E-state index contributed by atoms with van der Waals surface area (Å²) in [6, 6.07) is 1.65. The molecule has 3 heterocycles. The highest BCUT2D eigenvalue weighted by Crippen LogP contribution is 2.48. The van der Waals surface area contributed by atoms with Gasteiger partial charge in [-0.3, -0.25) is 0 Å². The van der Waals surface area contributed by atoms with Gasteiger partial charge in [0.15, 0.2) is 0 Å². The van der Waals surface area contributed by atoms with E-state index in [4.69, 9.17) is 13.9 Å². The van der Waals surface area contributed by atoms with Gasteiger partial charge in [0, 0.05) is 31.6 Å². The van der Waals surface area contributed by atoms with Crippen LogP contribution < -0.4 is 5.63 Å². The lowest BCUT2D eigenvalue weighted by molar-refractivity contribution is 0.0209. The topological polar surface area (TPSA) is 68.9 Å². The van der Waals surface area contributed by atoms with Gasteiger partial charge in [-0.15, -0.1) is 0 Å². The highest BCUT2D eigenvalue weighted by atomic mass is 16.5. The molecule has 3 aliphatic rings. The Bertz CT molecular complexity index is 716. The fourth-order valence-corrected chi connectivity index (χ4v) is 4.42. The Hall–Kier alpha value is -1.75. The van der Waals surface area contributed by atoms with Crippen LogP contribution in [-0.2, 0) is 15.1 Å². The summed E-state index contributed by atoms with van der Waals surface area (Å²) in [6.07, 6.45) is 10.1. The number of ether oxygens (including phenoxy) is 2. The van der Waals surface area contributed by atoms with Crippen LogP contribution in [0.2, 0.25) is 0 Å². The zero-order valence-electron chi connectivity index (χ0n) is 15.4. The number of rotatable bonds is 7. The van der Waals surface area contributed by atoms with Gasteiger partial charge in [0.05, 0.1) is 6.26 Å². The molecule has 0 aromatic carbocycles. The van der Waals surface area contributed by atoms with Crippen molar-refractivity contribution in [2.45, 2.75) is 63.4 Å². The van der Waals surface area contributed by atoms with Crippen molar-refractivity contribution in [3.05, 3.63) is 40.1 Å². The van der Waals surface area contributed by atoms with Crippen molar-refractivity contribution in [2.24, 2.45) is 11.8 Å². The summed E-state index contributed by atoms with van der Waals surface area (Å²) >= 11 is 0. The zero-order valence-corrected chi connectivity index (χ0v) is 15.4. The highest BCUT2D eigenvalue weighted by molar-refractivity contribution is 5.37. The number of aromatic hydroxyl groups is 1. The maximum atomic E-state index is 12.9. The molecular weight excluding hydrogens is 332 g/mol. The molecule has 0 bridgehead atoms. The lowest BCUT2D eigenvalue weighted by atomic mass is 9.85. The van der Waals surface area contributed by atoms with E-state index in [0.29, 0.717) is 24.0 Å². The van der Waals surface area contributed by atoms with Crippen LogP contribution in [0.15, 0.2) is 27.6 Å². The first-order chi connectivity index (χ1) is 12.6. The first-order valence-electron chi connectivity index (χ1n) is 9.89. The van der Waals surface area contributed by atoms with E-state index in [9.17, 15) is 9.90 Å². The molecule has 1 aliphatic carbocycles. The molecule has 3 atom stereocenters. The Balaban J connectivity index is 1.62. The van der Waals surface area contributed by atoms with Gasteiger partial charge in [-0.25, -0.2) is 4.79 Å². The molecule has 5 nitrogen and oxygen atoms in total. The van der Waals surface area contributed by atoms with Crippen LogP contribution in [0.4, 0.5) is 0 Å². The van der Waals surface area contributed by atoms with Crippen LogP contribution in [0.25, 0.3) is 0 Å². The van der Waals surface area contributed by atoms with Crippen molar-refractivity contribution in [2.75, 3.05) is 13.2 Å². The molecule has 26 heavy (non-hydrogen) atoms. The second kappa shape index (κ2) is 7.10. The molecule has 0 amide bonds. The quantitative estimate of drug-likeness (QED) is 0.789. The predicted octanol–water partition coefficient (Wildman–Crippen LogP) is 4.20. The second-order valence-corrected chi connectivity index (χ2v) is 8.10. The van der Waals surface area contributed by atoms with Crippen molar-refractivity contribution < 1.29 is 19.0 Å². The number of hydrogen-bond acceptors (Lipinski definition) is 5. The fourth-order valence-electron chi connectivity index (χ4n) is 4.42. The van der Waals surface area contributed by atoms with Gasteiger partial charge in [0.2, 0.25) is 0 Å². The fraction of sp³-hybridized carbons (Fsp3) is 0.667. The maximum Gasteiger partial charge on any atom is 0.347 e. The third-order valence-corrected chi connectivity index (χ3v) is 6.10. The van der Waals surface area contributed by atoms with E-state index in [2.05, 4.69) is 6.92 Å². The summed E-state index contributed by atoms with van der Waals surface area (Å²) in [6.45, 7) is 3.67. The molecule has 0 spiro atoms. The Kier molecular flexibility index (Phi) is 4.82. The van der Waals surface area contributed by atoms with Crippen LogP contribution in [0.1, 0.15) is 69.1 Å². The summed E-state index contributed by atoms with van der Waals surface area (Å²) < 4.78 is 17.0. The molecule has 1 aromatic heterocycles. The van der Waals surface area contributed by atoms with Crippen LogP contribution >= 0.6 is 0 Å². The van der Waals surface area contributed by atoms with Crippen molar-refractivity contribution in [3.63, 3.8) is 0 Å². The first kappa shape index (κ1) is 17.7. The van der Waals surface area contributed by atoms with E-state index in [-0.39, 0.29) is 17.2 Å². The zero-order chi connectivity index (χ0) is 18.1. The second-order valence-electron chi connectivity index (χ2n) is 8.10. The average molecular weight is 360 g/mol. The SMILES string of the molecule is CCC(CC1CCOC1)c1cc(O)c(C2(CC3CC3)CC=CO2)c(=O)o1. The molecule has 2 aliphatic heterocycles. The molecule has 5 heteroatoms. The maximum absolute atomic E-state index is 12.9. The third kappa shape index (κ3) is 3.41. The first-order valence-corrected chi connectivity index (χ1v) is 9.89. The Morgan fingerprint density at radius 2 is 2.15 bits per heavy atom. The van der Waals surface area contributed by atoms with Crippen molar-refractivity contribution in [1.29, 1.82) is 0 Å². The van der Waals surface area contributed by atoms with E-state index in [1.165, 1.54) is 0 Å². The minimum absolute atomic E-state index is 0.0155. The number of hydrogen-bond donors (Lipinski definition) is 1. The van der Waals surface area contributed by atoms with E-state index < -0.39 is 11.2 Å². The molecule has 2 fully saturated rings. The van der Waals surface area contributed by atoms with Gasteiger partial charge in [-0.05, 0) is 43.6 Å². The van der Waals surface area contributed by atoms with Crippen LogP contribution in [0.3, 0.4) is 0 Å². The van der Waals surface area contributed by atoms with Gasteiger partial charge in [-0.2, -0.15) is 0 Å². The van der Waals surface area contributed by atoms with Gasteiger partial charge in [-0.1, -0.05) is 19.8 Å². The molecular formula is C21H28O5. The Morgan fingerprint density at radius 1 is 1.31 bits per heavy atom. The normalized spacial score (nSPS) is 29.0. The van der Waals surface area contributed by atoms with E-state index in [1.54, 1.807) is 12.3 Å². The minimum atomic E-state index is -0.759. The molecule has 142 valence electrons. The van der Waals surface area contributed by atoms with Gasteiger partial charge in [0.1, 0.15) is 22.7 Å². The standard InChI is InChI=1S/C21H28O5/c1-2-16(10-15-6-9-24-13-15)18-11-17(22)19(20(23)26-18)21(7-3-8-25-21)12-14-4-5-14/h3,8,11,14-16,22H,2,4-7,9-10,12-13H2,1H3. The van der Waals surface area contributed by atoms with Crippen molar-refractivity contribution >= 4 is 0 Å². The van der Waals surface area contributed by atoms with E-state index >= 15 is 0 Å². The molecule has 1 aromatic rings. The average Bonchev–Trinajstić information content (AvgIpc) is 3.08. The Labute approximate surface area is 154 Å². The van der Waals surface area contributed by atoms with Gasteiger partial charge >= 0.3 is 5.63 Å². The monoisotopic (exact) mass is 360 g/mol. The molecule has 1 saturated carbocycles. The molecule has 3 unspecified atom stereocenters. The highest BCUT2D eigenvalue weighted by Gasteiger charge is 2.45. The summed E-state index contributed by atoms with van der Waals surface area (Å²) in [5, 5.41) is 10.7. The van der Waals surface area contributed by atoms with Gasteiger partial charge < -0.3 is 19.0 Å². The predicted molar refractivity (Wildman–Crippen MR) is 97.1 cm³/mol. The molecule has 0 radical (unpaired) electrons. The lowest BCUT2D eigenvalue weighted by Crippen LogP contribution is -2.32. The molecule has 1 N–H and O–H groups in total. The van der Waals surface area contributed by atoms with Crippen molar-refractivity contribution in [1.82, 2.24) is 0 Å². The summed E-state index contributed by atoms with van der Waals surface area (Å²) in [5.74, 6) is 1.78. The van der Waals surface area contributed by atoms with Gasteiger partial charge in [0.25, 0.3) is 0 Å². The summed E-state index contributed by atoms with van der Waals surface area (Å²) in [4.78, 5) is 12.9. The smallest absolute Gasteiger partial charge is 0.347 e. The van der Waals surface area contributed by atoms with Crippen LogP contribution in [-0.4, -0.2) is 18.3 Å². The molecule has 1 saturated heterocycles. The van der Waals surface area contributed by atoms with E-state index in [0.717, 1.165) is 51.7 Å². The molecule has 4 rings (SSSR count). The summed E-state index contributed by atoms with van der Waals surface area (Å²) in [7, 11) is 0. The van der Waals surface area contributed by atoms with E-state index in [1.807, 2.05) is 6.08 Å². The largest absolute Gasteiger partial charge is 0.507 e. The minimum Gasteiger partial charge on any atom is -0.507 e. The van der Waals surface area contributed by atoms with Crippen LogP contribution in [0.5, 0.6) is 5.75 Å². The van der Waals surface area contributed by atoms with Crippen molar-refractivity contribution in [3.8, 4) is 5.75 Å². The third-order valence-electron chi connectivity index (χ3n) is 6.10. The Morgan fingerprint density at radius 3 is 2.73 bits per heavy atom. The summed E-state index contributed by atoms with van der Waals surface area (Å²) in [5.41, 5.74) is -0.923. The lowest BCUT2D eigenvalue weighted by Gasteiger charge is -2.29.